The monoisotopic (exact) mass is 392 g/mol. The molecule has 0 aliphatic rings. The van der Waals surface area contributed by atoms with Gasteiger partial charge in [-0.2, -0.15) is 0 Å². The van der Waals surface area contributed by atoms with Crippen LogP contribution in [0.1, 0.15) is 16.0 Å². The fourth-order valence-electron chi connectivity index (χ4n) is 2.99. The first-order valence-corrected chi connectivity index (χ1v) is 9.69. The van der Waals surface area contributed by atoms with E-state index in [-0.39, 0.29) is 0 Å². The molecule has 134 valence electrons. The van der Waals surface area contributed by atoms with Gasteiger partial charge in [-0.25, -0.2) is 0 Å². The molecule has 3 nitrogen and oxygen atoms in total. The highest BCUT2D eigenvalue weighted by Crippen LogP contribution is 2.31. The molecule has 0 aliphatic heterocycles. The fourth-order valence-corrected chi connectivity index (χ4v) is 4.32. The third-order valence-corrected chi connectivity index (χ3v) is 5.84. The van der Waals surface area contributed by atoms with Crippen LogP contribution >= 0.6 is 22.9 Å². The van der Waals surface area contributed by atoms with Crippen molar-refractivity contribution in [1.82, 2.24) is 0 Å². The molecule has 5 heteroatoms. The van der Waals surface area contributed by atoms with Crippen LogP contribution < -0.4 is 5.32 Å². The van der Waals surface area contributed by atoms with Gasteiger partial charge < -0.3 is 10.5 Å². The van der Waals surface area contributed by atoms with Gasteiger partial charge in [0.2, 0.25) is 0 Å². The lowest BCUT2D eigenvalue weighted by molar-refractivity contribution is 0.320. The summed E-state index contributed by atoms with van der Waals surface area (Å²) >= 11 is 8.11. The summed E-state index contributed by atoms with van der Waals surface area (Å²) in [6.07, 6.45) is 0. The molecule has 1 aromatic heterocycles. The summed E-state index contributed by atoms with van der Waals surface area (Å²) in [4.78, 5) is 0.875. The Balaban J connectivity index is 1.67. The first-order valence-electron chi connectivity index (χ1n) is 8.49. The Morgan fingerprint density at radius 2 is 1.78 bits per heavy atom. The van der Waals surface area contributed by atoms with Crippen LogP contribution in [-0.2, 0) is 0 Å². The number of fused-ring (bicyclic) bond motifs is 1. The molecular formula is C22H17ClN2OS. The molecule has 4 aromatic rings. The fraction of sp³-hybridized carbons (Fsp3) is 0.0455. The molecule has 27 heavy (non-hydrogen) atoms. The zero-order valence-electron chi connectivity index (χ0n) is 14.6. The highest BCUT2D eigenvalue weighted by atomic mass is 35.5. The minimum atomic E-state index is 0.476. The standard InChI is InChI=1S/C22H17ClN2OS/c1-14-6-2-4-8-19(14)24-16-10-11-17(18(23)13-16)22(25-26)21-12-15-7-3-5-9-20(15)27-21/h2-13,24,26H,1H3/b25-22+. The van der Waals surface area contributed by atoms with Crippen LogP contribution in [0.5, 0.6) is 0 Å². The molecule has 4 rings (SSSR count). The number of hydrogen-bond donors (Lipinski definition) is 2. The van der Waals surface area contributed by atoms with Gasteiger partial charge in [0.05, 0.1) is 9.90 Å². The topological polar surface area (TPSA) is 44.6 Å². The first kappa shape index (κ1) is 17.6. The van der Waals surface area contributed by atoms with Crippen molar-refractivity contribution in [2.24, 2.45) is 5.16 Å². The maximum absolute atomic E-state index is 9.64. The third kappa shape index (κ3) is 3.54. The minimum absolute atomic E-state index is 0.476. The summed E-state index contributed by atoms with van der Waals surface area (Å²) < 4.78 is 1.14. The number of thiophene rings is 1. The number of aryl methyl sites for hydroxylation is 1. The van der Waals surface area contributed by atoms with Gasteiger partial charge >= 0.3 is 0 Å². The number of nitrogens with zero attached hydrogens (tertiary/aromatic N) is 1. The summed E-state index contributed by atoms with van der Waals surface area (Å²) in [5.74, 6) is 0. The van der Waals surface area contributed by atoms with Crippen LogP contribution in [-0.4, -0.2) is 10.9 Å². The van der Waals surface area contributed by atoms with Gasteiger partial charge in [0.15, 0.2) is 0 Å². The average Bonchev–Trinajstić information content (AvgIpc) is 3.09. The van der Waals surface area contributed by atoms with Crippen molar-refractivity contribution in [2.75, 3.05) is 5.32 Å². The van der Waals surface area contributed by atoms with Gasteiger partial charge in [-0.05, 0) is 54.3 Å². The molecule has 0 spiro atoms. The molecule has 0 saturated heterocycles. The molecule has 0 atom stereocenters. The summed E-state index contributed by atoms with van der Waals surface area (Å²) in [5, 5.41) is 18.2. The van der Waals surface area contributed by atoms with Gasteiger partial charge in [0.25, 0.3) is 0 Å². The molecule has 0 bridgehead atoms. The van der Waals surface area contributed by atoms with Crippen LogP contribution in [0.2, 0.25) is 5.02 Å². The second kappa shape index (κ2) is 7.43. The van der Waals surface area contributed by atoms with Gasteiger partial charge in [0, 0.05) is 21.6 Å². The van der Waals surface area contributed by atoms with E-state index in [1.165, 1.54) is 0 Å². The van der Waals surface area contributed by atoms with E-state index in [0.717, 1.165) is 31.9 Å². The molecule has 0 radical (unpaired) electrons. The summed E-state index contributed by atoms with van der Waals surface area (Å²) in [7, 11) is 0. The third-order valence-electron chi connectivity index (χ3n) is 4.41. The smallest absolute Gasteiger partial charge is 0.128 e. The number of anilines is 2. The van der Waals surface area contributed by atoms with Gasteiger partial charge in [-0.15, -0.1) is 11.3 Å². The molecular weight excluding hydrogens is 376 g/mol. The van der Waals surface area contributed by atoms with Crippen molar-refractivity contribution in [2.45, 2.75) is 6.92 Å². The lowest BCUT2D eigenvalue weighted by atomic mass is 10.1. The van der Waals surface area contributed by atoms with E-state index in [9.17, 15) is 5.21 Å². The van der Waals surface area contributed by atoms with Crippen LogP contribution in [0.15, 0.2) is 78.0 Å². The van der Waals surface area contributed by atoms with Crippen LogP contribution in [0.25, 0.3) is 10.1 Å². The van der Waals surface area contributed by atoms with E-state index < -0.39 is 0 Å². The highest BCUT2D eigenvalue weighted by molar-refractivity contribution is 7.21. The van der Waals surface area contributed by atoms with E-state index in [1.807, 2.05) is 60.7 Å². The average molecular weight is 393 g/mol. The van der Waals surface area contributed by atoms with E-state index in [4.69, 9.17) is 11.6 Å². The van der Waals surface area contributed by atoms with E-state index in [0.29, 0.717) is 16.3 Å². The number of benzene rings is 3. The SMILES string of the molecule is Cc1ccccc1Nc1ccc(/C(=N\O)c2cc3ccccc3s2)c(Cl)c1. The van der Waals surface area contributed by atoms with Crippen molar-refractivity contribution in [3.8, 4) is 0 Å². The molecule has 0 fully saturated rings. The number of para-hydroxylation sites is 1. The maximum Gasteiger partial charge on any atom is 0.128 e. The Morgan fingerprint density at radius 1 is 1.00 bits per heavy atom. The number of nitrogens with one attached hydrogen (secondary N) is 1. The van der Waals surface area contributed by atoms with E-state index in [1.54, 1.807) is 11.3 Å². The van der Waals surface area contributed by atoms with Gasteiger partial charge in [0.1, 0.15) is 5.71 Å². The molecule has 2 N–H and O–H groups in total. The summed E-state index contributed by atoms with van der Waals surface area (Å²) in [6.45, 7) is 2.05. The van der Waals surface area contributed by atoms with E-state index in [2.05, 4.69) is 29.5 Å². The number of halogens is 1. The highest BCUT2D eigenvalue weighted by Gasteiger charge is 2.15. The van der Waals surface area contributed by atoms with E-state index >= 15 is 0 Å². The van der Waals surface area contributed by atoms with Crippen molar-refractivity contribution >= 4 is 50.1 Å². The molecule has 0 aliphatic carbocycles. The van der Waals surface area contributed by atoms with Crippen LogP contribution in [0.3, 0.4) is 0 Å². The van der Waals surface area contributed by atoms with Gasteiger partial charge in [-0.3, -0.25) is 0 Å². The van der Waals surface area contributed by atoms with Crippen molar-refractivity contribution in [3.63, 3.8) is 0 Å². The summed E-state index contributed by atoms with van der Waals surface area (Å²) in [5.41, 5.74) is 4.24. The Labute approximate surface area is 166 Å². The van der Waals surface area contributed by atoms with Crippen LogP contribution in [0, 0.1) is 6.92 Å². The predicted octanol–water partition coefficient (Wildman–Crippen LogP) is 6.83. The summed E-state index contributed by atoms with van der Waals surface area (Å²) in [6, 6.07) is 23.8. The second-order valence-corrected chi connectivity index (χ2v) is 7.72. The molecule has 0 saturated carbocycles. The second-order valence-electron chi connectivity index (χ2n) is 6.23. The Hall–Kier alpha value is -2.82. The van der Waals surface area contributed by atoms with Gasteiger partial charge in [-0.1, -0.05) is 53.2 Å². The number of rotatable bonds is 4. The first-order chi connectivity index (χ1) is 13.2. The van der Waals surface area contributed by atoms with Crippen molar-refractivity contribution in [3.05, 3.63) is 93.8 Å². The molecule has 0 unspecified atom stereocenters. The Morgan fingerprint density at radius 3 is 2.52 bits per heavy atom. The molecule has 0 amide bonds. The lowest BCUT2D eigenvalue weighted by Gasteiger charge is -2.12. The minimum Gasteiger partial charge on any atom is -0.410 e. The maximum atomic E-state index is 9.64. The lowest BCUT2D eigenvalue weighted by Crippen LogP contribution is -2.03. The Bertz CT molecular complexity index is 1120. The Kier molecular flexibility index (Phi) is 4.84. The molecule has 3 aromatic carbocycles. The zero-order valence-corrected chi connectivity index (χ0v) is 16.2. The number of hydrogen-bond acceptors (Lipinski definition) is 4. The van der Waals surface area contributed by atoms with Crippen LogP contribution in [0.4, 0.5) is 11.4 Å². The predicted molar refractivity (Wildman–Crippen MR) is 115 cm³/mol. The largest absolute Gasteiger partial charge is 0.410 e. The number of oxime groups is 1. The normalized spacial score (nSPS) is 11.7. The van der Waals surface area contributed by atoms with Crippen molar-refractivity contribution in [1.29, 1.82) is 0 Å². The van der Waals surface area contributed by atoms with Crippen molar-refractivity contribution < 1.29 is 5.21 Å². The zero-order chi connectivity index (χ0) is 18.8. The molecule has 1 heterocycles. The quantitative estimate of drug-likeness (QED) is 0.227.